The molecule has 0 heterocycles. The Morgan fingerprint density at radius 3 is 2.40 bits per heavy atom. The van der Waals surface area contributed by atoms with Crippen molar-refractivity contribution in [2.75, 3.05) is 5.75 Å². The highest BCUT2D eigenvalue weighted by Gasteiger charge is 2.40. The molecule has 142 valence electrons. The summed E-state index contributed by atoms with van der Waals surface area (Å²) in [6.07, 6.45) is 7.33. The molecular formula is C21H36O2SSi. The molecule has 0 aliphatic heterocycles. The number of carbonyl (C=O) groups is 1. The highest BCUT2D eigenvalue weighted by molar-refractivity contribution is 8.04. The van der Waals surface area contributed by atoms with Crippen molar-refractivity contribution in [3.63, 3.8) is 0 Å². The van der Waals surface area contributed by atoms with Gasteiger partial charge in [0.15, 0.2) is 5.78 Å². The highest BCUT2D eigenvalue weighted by Crippen LogP contribution is 2.45. The monoisotopic (exact) mass is 380 g/mol. The Morgan fingerprint density at radius 2 is 1.88 bits per heavy atom. The first-order chi connectivity index (χ1) is 11.5. The van der Waals surface area contributed by atoms with E-state index in [-0.39, 0.29) is 17.1 Å². The molecule has 1 unspecified atom stereocenters. The van der Waals surface area contributed by atoms with Gasteiger partial charge in [0.2, 0.25) is 9.04 Å². The van der Waals surface area contributed by atoms with Crippen molar-refractivity contribution in [1.29, 1.82) is 0 Å². The molecular weight excluding hydrogens is 344 g/mol. The molecule has 0 saturated carbocycles. The Hall–Kier alpha value is -0.743. The van der Waals surface area contributed by atoms with E-state index < -0.39 is 9.04 Å². The first-order valence-corrected chi connectivity index (χ1v) is 13.1. The average Bonchev–Trinajstić information content (AvgIpc) is 2.75. The molecule has 4 heteroatoms. The fraction of sp³-hybridized carbons (Fsp3) is 0.667. The van der Waals surface area contributed by atoms with Crippen molar-refractivity contribution in [3.8, 4) is 0 Å². The maximum atomic E-state index is 12.6. The molecule has 2 nitrogen and oxygen atoms in total. The molecule has 0 fully saturated rings. The first kappa shape index (κ1) is 22.3. The van der Waals surface area contributed by atoms with Gasteiger partial charge >= 0.3 is 0 Å². The topological polar surface area (TPSA) is 26.3 Å². The molecule has 25 heavy (non-hydrogen) atoms. The molecule has 0 radical (unpaired) electrons. The van der Waals surface area contributed by atoms with Crippen LogP contribution in [0.5, 0.6) is 0 Å². The van der Waals surface area contributed by atoms with Crippen molar-refractivity contribution in [3.05, 3.63) is 34.0 Å². The zero-order valence-corrected chi connectivity index (χ0v) is 19.3. The second kappa shape index (κ2) is 9.82. The van der Waals surface area contributed by atoms with E-state index in [1.807, 2.05) is 0 Å². The van der Waals surface area contributed by atoms with E-state index >= 15 is 0 Å². The van der Waals surface area contributed by atoms with E-state index in [1.54, 1.807) is 11.8 Å². The Bertz CT molecular complexity index is 561. The lowest BCUT2D eigenvalue weighted by Gasteiger charge is -2.30. The summed E-state index contributed by atoms with van der Waals surface area (Å²) in [5, 5.41) is 0. The molecule has 1 aliphatic carbocycles. The fourth-order valence-corrected chi connectivity index (χ4v) is 4.85. The Balaban J connectivity index is 2.81. The van der Waals surface area contributed by atoms with Gasteiger partial charge < -0.3 is 4.43 Å². The van der Waals surface area contributed by atoms with Crippen LogP contribution < -0.4 is 0 Å². The summed E-state index contributed by atoms with van der Waals surface area (Å²) in [7, 11) is -1.22. The molecule has 0 spiro atoms. The van der Waals surface area contributed by atoms with E-state index in [9.17, 15) is 4.79 Å². The molecule has 0 N–H and O–H groups in total. The third-order valence-corrected chi connectivity index (χ3v) is 6.12. The van der Waals surface area contributed by atoms with Crippen molar-refractivity contribution in [2.24, 2.45) is 11.3 Å². The van der Waals surface area contributed by atoms with Crippen LogP contribution in [0.4, 0.5) is 0 Å². The second-order valence-corrected chi connectivity index (χ2v) is 12.0. The minimum atomic E-state index is -1.22. The van der Waals surface area contributed by atoms with E-state index in [4.69, 9.17) is 4.43 Å². The van der Waals surface area contributed by atoms with Gasteiger partial charge in [0.05, 0.1) is 4.91 Å². The largest absolute Gasteiger partial charge is 0.549 e. The van der Waals surface area contributed by atoms with Gasteiger partial charge in [-0.1, -0.05) is 44.1 Å². The van der Waals surface area contributed by atoms with Gasteiger partial charge in [-0.2, -0.15) is 0 Å². The number of ketones is 1. The van der Waals surface area contributed by atoms with Crippen LogP contribution in [0.1, 0.15) is 60.8 Å². The van der Waals surface area contributed by atoms with Crippen molar-refractivity contribution in [2.45, 2.75) is 73.9 Å². The Labute approximate surface area is 160 Å². The van der Waals surface area contributed by atoms with E-state index in [0.29, 0.717) is 6.42 Å². The molecule has 0 saturated heterocycles. The number of hydrogen-bond donors (Lipinski definition) is 0. The first-order valence-electron chi connectivity index (χ1n) is 9.38. The van der Waals surface area contributed by atoms with E-state index in [1.165, 1.54) is 11.1 Å². The third kappa shape index (κ3) is 7.57. The summed E-state index contributed by atoms with van der Waals surface area (Å²) in [4.78, 5) is 13.5. The van der Waals surface area contributed by atoms with Crippen LogP contribution in [0, 0.1) is 11.3 Å². The fourth-order valence-electron chi connectivity index (χ4n) is 2.86. The quantitative estimate of drug-likeness (QED) is 0.367. The van der Waals surface area contributed by atoms with Crippen molar-refractivity contribution < 1.29 is 9.22 Å². The van der Waals surface area contributed by atoms with E-state index in [2.05, 4.69) is 66.8 Å². The van der Waals surface area contributed by atoms with Gasteiger partial charge in [-0.3, -0.25) is 4.79 Å². The van der Waals surface area contributed by atoms with Gasteiger partial charge in [-0.05, 0) is 52.1 Å². The van der Waals surface area contributed by atoms with Gasteiger partial charge in [0.1, 0.15) is 5.76 Å². The van der Waals surface area contributed by atoms with Crippen LogP contribution in [0.2, 0.25) is 13.1 Å². The number of carbonyl (C=O) groups excluding carboxylic acids is 1. The SMILES string of the molecule is CC(C)=CCCC(C)=CCSC1=C(O[SiH](C)C)C(C(C)(C)C)CC1=O. The predicted octanol–water partition coefficient (Wildman–Crippen LogP) is 6.26. The molecule has 0 aromatic heterocycles. The number of allylic oxidation sites excluding steroid dienone is 5. The molecule has 1 atom stereocenters. The molecule has 0 aromatic rings. The number of Topliss-reactive ketones (excluding diaryl/α,β-unsaturated/α-hetero) is 1. The van der Waals surface area contributed by atoms with Gasteiger partial charge in [-0.25, -0.2) is 0 Å². The third-order valence-electron chi connectivity index (χ3n) is 4.34. The number of thioether (sulfide) groups is 1. The smallest absolute Gasteiger partial charge is 0.229 e. The Morgan fingerprint density at radius 1 is 1.24 bits per heavy atom. The normalized spacial score (nSPS) is 19.0. The van der Waals surface area contributed by atoms with Crippen LogP contribution in [0.15, 0.2) is 34.0 Å². The lowest BCUT2D eigenvalue weighted by Crippen LogP contribution is -2.24. The Kier molecular flexibility index (Phi) is 8.76. The zero-order chi connectivity index (χ0) is 19.2. The van der Waals surface area contributed by atoms with Gasteiger partial charge in [0, 0.05) is 18.1 Å². The number of hydrogen-bond acceptors (Lipinski definition) is 3. The van der Waals surface area contributed by atoms with Crippen LogP contribution in [-0.2, 0) is 9.22 Å². The second-order valence-electron chi connectivity index (χ2n) is 8.59. The van der Waals surface area contributed by atoms with Crippen LogP contribution in [0.25, 0.3) is 0 Å². The zero-order valence-electron chi connectivity index (χ0n) is 17.4. The van der Waals surface area contributed by atoms with Crippen LogP contribution in [-0.4, -0.2) is 20.6 Å². The molecule has 0 amide bonds. The molecule has 0 aromatic carbocycles. The summed E-state index contributed by atoms with van der Waals surface area (Å²) >= 11 is 1.67. The van der Waals surface area contributed by atoms with Crippen LogP contribution >= 0.6 is 11.8 Å². The van der Waals surface area contributed by atoms with Crippen LogP contribution in [0.3, 0.4) is 0 Å². The predicted molar refractivity (Wildman–Crippen MR) is 114 cm³/mol. The molecule has 1 aliphatic rings. The average molecular weight is 381 g/mol. The van der Waals surface area contributed by atoms with Crippen molar-refractivity contribution >= 4 is 26.6 Å². The summed E-state index contributed by atoms with van der Waals surface area (Å²) in [6, 6.07) is 0. The summed E-state index contributed by atoms with van der Waals surface area (Å²) < 4.78 is 6.23. The highest BCUT2D eigenvalue weighted by atomic mass is 32.2. The lowest BCUT2D eigenvalue weighted by atomic mass is 9.79. The summed E-state index contributed by atoms with van der Waals surface area (Å²) in [6.45, 7) is 17.4. The summed E-state index contributed by atoms with van der Waals surface area (Å²) in [5.74, 6) is 2.33. The minimum Gasteiger partial charge on any atom is -0.549 e. The molecule has 0 bridgehead atoms. The minimum absolute atomic E-state index is 0.0622. The lowest BCUT2D eigenvalue weighted by molar-refractivity contribution is -0.115. The standard InChI is InChI=1S/C21H36O2SSi/c1-15(2)10-9-11-16(3)12-13-24-20-18(22)14-17(21(4,5)6)19(20)23-25(7)8/h10,12,17,25H,9,11,13-14H2,1-8H3. The van der Waals surface area contributed by atoms with Gasteiger partial charge in [0.25, 0.3) is 0 Å². The van der Waals surface area contributed by atoms with E-state index in [0.717, 1.165) is 29.3 Å². The molecule has 1 rings (SSSR count). The number of rotatable bonds is 8. The van der Waals surface area contributed by atoms with Crippen molar-refractivity contribution in [1.82, 2.24) is 0 Å². The maximum absolute atomic E-state index is 12.6. The maximum Gasteiger partial charge on any atom is 0.229 e. The van der Waals surface area contributed by atoms with Gasteiger partial charge in [-0.15, -0.1) is 11.8 Å². The summed E-state index contributed by atoms with van der Waals surface area (Å²) in [5.41, 5.74) is 2.83.